The first-order chi connectivity index (χ1) is 9.15. The number of fused-ring (bicyclic) bond motifs is 1. The van der Waals surface area contributed by atoms with Crippen LogP contribution in [-0.4, -0.2) is 15.2 Å². The molecule has 0 aliphatic heterocycles. The Hall–Kier alpha value is -1.88. The molecule has 3 rings (SSSR count). The van der Waals surface area contributed by atoms with Crippen molar-refractivity contribution in [3.63, 3.8) is 0 Å². The van der Waals surface area contributed by atoms with Gasteiger partial charge in [0.05, 0.1) is 16.2 Å². The van der Waals surface area contributed by atoms with E-state index in [0.717, 1.165) is 32.4 Å². The van der Waals surface area contributed by atoms with Crippen LogP contribution in [0.25, 0.3) is 11.0 Å². The molecule has 2 heterocycles. The Bertz CT molecular complexity index is 731. The molecule has 0 saturated carbocycles. The number of H-pyrrole nitrogens is 1. The van der Waals surface area contributed by atoms with Gasteiger partial charge < -0.3 is 4.74 Å². The predicted molar refractivity (Wildman–Crippen MR) is 77.6 cm³/mol. The molecule has 2 aromatic heterocycles. The van der Waals surface area contributed by atoms with Crippen LogP contribution in [-0.2, 0) is 0 Å². The van der Waals surface area contributed by atoms with Gasteiger partial charge in [-0.3, -0.25) is 5.10 Å². The largest absolute Gasteiger partial charge is 0.437 e. The van der Waals surface area contributed by atoms with Crippen molar-refractivity contribution in [2.75, 3.05) is 0 Å². The van der Waals surface area contributed by atoms with Crippen LogP contribution in [0, 0.1) is 13.8 Å². The van der Waals surface area contributed by atoms with Gasteiger partial charge >= 0.3 is 0 Å². The third kappa shape index (κ3) is 2.21. The Morgan fingerprint density at radius 3 is 2.68 bits per heavy atom. The van der Waals surface area contributed by atoms with Crippen molar-refractivity contribution >= 4 is 27.0 Å². The van der Waals surface area contributed by atoms with E-state index in [1.54, 1.807) is 6.20 Å². The summed E-state index contributed by atoms with van der Waals surface area (Å²) in [6.07, 6.45) is 1.68. The second-order valence-electron chi connectivity index (χ2n) is 4.40. The van der Waals surface area contributed by atoms with E-state index in [-0.39, 0.29) is 0 Å². The molecule has 0 saturated heterocycles. The smallest absolute Gasteiger partial charge is 0.234 e. The van der Waals surface area contributed by atoms with Gasteiger partial charge in [0, 0.05) is 0 Å². The minimum atomic E-state index is 0.548. The van der Waals surface area contributed by atoms with Crippen LogP contribution in [0.2, 0.25) is 0 Å². The Kier molecular flexibility index (Phi) is 2.98. The predicted octanol–water partition coefficient (Wildman–Crippen LogP) is 4.13. The van der Waals surface area contributed by atoms with E-state index < -0.39 is 0 Å². The van der Waals surface area contributed by atoms with Crippen molar-refractivity contribution in [2.24, 2.45) is 0 Å². The van der Waals surface area contributed by atoms with Gasteiger partial charge in [-0.1, -0.05) is 18.2 Å². The molecule has 19 heavy (non-hydrogen) atoms. The second kappa shape index (κ2) is 4.66. The first-order valence-electron chi connectivity index (χ1n) is 5.89. The average Bonchev–Trinajstić information content (AvgIpc) is 2.81. The van der Waals surface area contributed by atoms with E-state index in [1.165, 1.54) is 0 Å². The molecular formula is C14H12BrN3O. The lowest BCUT2D eigenvalue weighted by Gasteiger charge is -2.11. The molecule has 3 aromatic rings. The molecular weight excluding hydrogens is 306 g/mol. The SMILES string of the molecule is Cc1cccc(C)c1Oc1nc2cn[nH]c2cc1Br. The van der Waals surface area contributed by atoms with Gasteiger partial charge in [0.1, 0.15) is 11.3 Å². The normalized spacial score (nSPS) is 10.9. The molecule has 0 aliphatic carbocycles. The standard InChI is InChI=1S/C14H12BrN3O/c1-8-4-3-5-9(2)13(8)19-14-10(15)6-11-12(17-14)7-16-18-11/h3-7H,1-2H3,(H,16,18). The maximum absolute atomic E-state index is 5.95. The lowest BCUT2D eigenvalue weighted by molar-refractivity contribution is 0.455. The summed E-state index contributed by atoms with van der Waals surface area (Å²) in [7, 11) is 0. The van der Waals surface area contributed by atoms with Crippen LogP contribution in [0.5, 0.6) is 11.6 Å². The zero-order valence-electron chi connectivity index (χ0n) is 10.6. The summed E-state index contributed by atoms with van der Waals surface area (Å²) in [5.74, 6) is 1.39. The number of hydrogen-bond donors (Lipinski definition) is 1. The number of para-hydroxylation sites is 1. The number of nitrogens with one attached hydrogen (secondary N) is 1. The Morgan fingerprint density at radius 1 is 1.21 bits per heavy atom. The number of aromatic nitrogens is 3. The molecule has 0 spiro atoms. The summed E-state index contributed by atoms with van der Waals surface area (Å²) in [5, 5.41) is 6.84. The highest BCUT2D eigenvalue weighted by Gasteiger charge is 2.11. The van der Waals surface area contributed by atoms with E-state index in [4.69, 9.17) is 4.74 Å². The minimum Gasteiger partial charge on any atom is -0.437 e. The molecule has 0 radical (unpaired) electrons. The number of hydrogen-bond acceptors (Lipinski definition) is 3. The summed E-state index contributed by atoms with van der Waals surface area (Å²) in [6.45, 7) is 4.04. The van der Waals surface area contributed by atoms with Crippen molar-refractivity contribution in [2.45, 2.75) is 13.8 Å². The Balaban J connectivity index is 2.07. The van der Waals surface area contributed by atoms with Gasteiger partial charge in [0.15, 0.2) is 0 Å². The fraction of sp³-hybridized carbons (Fsp3) is 0.143. The first-order valence-corrected chi connectivity index (χ1v) is 6.68. The van der Waals surface area contributed by atoms with E-state index in [9.17, 15) is 0 Å². The van der Waals surface area contributed by atoms with Crippen molar-refractivity contribution in [1.82, 2.24) is 15.2 Å². The summed E-state index contributed by atoms with van der Waals surface area (Å²) in [6, 6.07) is 7.97. The van der Waals surface area contributed by atoms with E-state index in [0.29, 0.717) is 5.88 Å². The summed E-state index contributed by atoms with van der Waals surface area (Å²) >= 11 is 3.47. The van der Waals surface area contributed by atoms with Crippen LogP contribution in [0.1, 0.15) is 11.1 Å². The maximum Gasteiger partial charge on any atom is 0.234 e. The number of aryl methyl sites for hydroxylation is 2. The minimum absolute atomic E-state index is 0.548. The molecule has 0 atom stereocenters. The molecule has 1 aromatic carbocycles. The highest BCUT2D eigenvalue weighted by atomic mass is 79.9. The quantitative estimate of drug-likeness (QED) is 0.773. The van der Waals surface area contributed by atoms with Gasteiger partial charge in [-0.25, -0.2) is 4.98 Å². The van der Waals surface area contributed by atoms with Crippen LogP contribution < -0.4 is 4.74 Å². The highest BCUT2D eigenvalue weighted by Crippen LogP contribution is 2.33. The Morgan fingerprint density at radius 2 is 1.95 bits per heavy atom. The number of benzene rings is 1. The molecule has 4 nitrogen and oxygen atoms in total. The maximum atomic E-state index is 5.95. The van der Waals surface area contributed by atoms with Gasteiger partial charge in [-0.2, -0.15) is 5.10 Å². The highest BCUT2D eigenvalue weighted by molar-refractivity contribution is 9.10. The van der Waals surface area contributed by atoms with Crippen molar-refractivity contribution < 1.29 is 4.74 Å². The molecule has 5 heteroatoms. The number of ether oxygens (including phenoxy) is 1. The fourth-order valence-electron chi connectivity index (χ4n) is 1.96. The summed E-state index contributed by atoms with van der Waals surface area (Å²) in [4.78, 5) is 4.45. The molecule has 0 aliphatic rings. The van der Waals surface area contributed by atoms with Crippen LogP contribution in [0.4, 0.5) is 0 Å². The van der Waals surface area contributed by atoms with E-state index in [1.807, 2.05) is 38.1 Å². The number of aromatic amines is 1. The average molecular weight is 318 g/mol. The van der Waals surface area contributed by atoms with Gasteiger partial charge in [0.2, 0.25) is 5.88 Å². The lowest BCUT2D eigenvalue weighted by Crippen LogP contribution is -1.94. The van der Waals surface area contributed by atoms with Gasteiger partial charge in [-0.05, 0) is 47.0 Å². The third-order valence-electron chi connectivity index (χ3n) is 2.95. The van der Waals surface area contributed by atoms with Gasteiger partial charge in [0.25, 0.3) is 0 Å². The van der Waals surface area contributed by atoms with Crippen molar-refractivity contribution in [3.05, 3.63) is 46.1 Å². The monoisotopic (exact) mass is 317 g/mol. The summed E-state index contributed by atoms with van der Waals surface area (Å²) < 4.78 is 6.75. The molecule has 96 valence electrons. The molecule has 1 N–H and O–H groups in total. The van der Waals surface area contributed by atoms with E-state index in [2.05, 4.69) is 31.1 Å². The number of rotatable bonds is 2. The first kappa shape index (κ1) is 12.2. The molecule has 0 fully saturated rings. The lowest BCUT2D eigenvalue weighted by atomic mass is 10.1. The van der Waals surface area contributed by atoms with Crippen LogP contribution in [0.3, 0.4) is 0 Å². The number of halogens is 1. The fourth-order valence-corrected chi connectivity index (χ4v) is 2.36. The van der Waals surface area contributed by atoms with E-state index >= 15 is 0 Å². The molecule has 0 unspecified atom stereocenters. The van der Waals surface area contributed by atoms with Crippen molar-refractivity contribution in [3.8, 4) is 11.6 Å². The Labute approximate surface area is 118 Å². The van der Waals surface area contributed by atoms with Crippen molar-refractivity contribution in [1.29, 1.82) is 0 Å². The van der Waals surface area contributed by atoms with Crippen LogP contribution >= 0.6 is 15.9 Å². The zero-order chi connectivity index (χ0) is 13.4. The summed E-state index contributed by atoms with van der Waals surface area (Å²) in [5.41, 5.74) is 3.83. The zero-order valence-corrected chi connectivity index (χ0v) is 12.2. The second-order valence-corrected chi connectivity index (χ2v) is 5.26. The van der Waals surface area contributed by atoms with Crippen LogP contribution in [0.15, 0.2) is 34.9 Å². The number of nitrogens with zero attached hydrogens (tertiary/aromatic N) is 2. The van der Waals surface area contributed by atoms with Gasteiger partial charge in [-0.15, -0.1) is 0 Å². The molecule has 0 bridgehead atoms. The third-order valence-corrected chi connectivity index (χ3v) is 3.52. The molecule has 0 amide bonds. The topological polar surface area (TPSA) is 50.8 Å². The number of pyridine rings is 1.